The van der Waals surface area contributed by atoms with Crippen LogP contribution in [0.5, 0.6) is 5.75 Å². The predicted molar refractivity (Wildman–Crippen MR) is 98.3 cm³/mol. The first-order valence-corrected chi connectivity index (χ1v) is 8.96. The van der Waals surface area contributed by atoms with Crippen LogP contribution in [0.2, 0.25) is 0 Å². The van der Waals surface area contributed by atoms with Crippen molar-refractivity contribution in [2.24, 2.45) is 0 Å². The molecule has 0 aliphatic carbocycles. The van der Waals surface area contributed by atoms with E-state index in [9.17, 15) is 0 Å². The normalized spacial score (nSPS) is 16.7. The van der Waals surface area contributed by atoms with Crippen LogP contribution in [0.15, 0.2) is 53.1 Å². The molecule has 0 N–H and O–H groups in total. The monoisotopic (exact) mass is 350 g/mol. The first kappa shape index (κ1) is 16.8. The van der Waals surface area contributed by atoms with Gasteiger partial charge in [0.15, 0.2) is 5.82 Å². The smallest absolute Gasteiger partial charge is 0.258 e. The summed E-state index contributed by atoms with van der Waals surface area (Å²) in [6.45, 7) is 1.45. The van der Waals surface area contributed by atoms with Gasteiger partial charge < -0.3 is 14.0 Å². The summed E-state index contributed by atoms with van der Waals surface area (Å²) >= 11 is 0. The van der Waals surface area contributed by atoms with Crippen molar-refractivity contribution in [3.8, 4) is 17.2 Å². The Morgan fingerprint density at radius 2 is 2.04 bits per heavy atom. The van der Waals surface area contributed by atoms with Gasteiger partial charge in [0.1, 0.15) is 5.75 Å². The van der Waals surface area contributed by atoms with Crippen molar-refractivity contribution in [3.63, 3.8) is 0 Å². The van der Waals surface area contributed by atoms with E-state index in [4.69, 9.17) is 14.0 Å². The molecule has 1 fully saturated rings. The van der Waals surface area contributed by atoms with Gasteiger partial charge in [-0.25, -0.2) is 0 Å². The summed E-state index contributed by atoms with van der Waals surface area (Å²) in [7, 11) is 1.69. The SMILES string of the molecule is COc1cccc(CCc2ccccc2-c2nc(C3CCOC3)no2)c1. The van der Waals surface area contributed by atoms with Crippen molar-refractivity contribution in [3.05, 3.63) is 65.5 Å². The number of ether oxygens (including phenoxy) is 2. The molecule has 2 aromatic carbocycles. The summed E-state index contributed by atoms with van der Waals surface area (Å²) in [5, 5.41) is 4.17. The Balaban J connectivity index is 1.53. The van der Waals surface area contributed by atoms with Gasteiger partial charge in [0.05, 0.1) is 13.7 Å². The number of benzene rings is 2. The largest absolute Gasteiger partial charge is 0.497 e. The molecule has 1 saturated heterocycles. The number of aromatic nitrogens is 2. The molecule has 0 amide bonds. The number of rotatable bonds is 6. The molecule has 2 heterocycles. The van der Waals surface area contributed by atoms with E-state index < -0.39 is 0 Å². The van der Waals surface area contributed by atoms with Gasteiger partial charge in [-0.1, -0.05) is 35.5 Å². The Morgan fingerprint density at radius 1 is 1.12 bits per heavy atom. The van der Waals surface area contributed by atoms with E-state index >= 15 is 0 Å². The van der Waals surface area contributed by atoms with Crippen LogP contribution in [-0.4, -0.2) is 30.5 Å². The molecule has 5 nitrogen and oxygen atoms in total. The lowest BCUT2D eigenvalue weighted by Gasteiger charge is -2.07. The van der Waals surface area contributed by atoms with E-state index in [1.54, 1.807) is 7.11 Å². The highest BCUT2D eigenvalue weighted by molar-refractivity contribution is 5.58. The van der Waals surface area contributed by atoms with Crippen molar-refractivity contribution in [1.29, 1.82) is 0 Å². The average Bonchev–Trinajstić information content (AvgIpc) is 3.38. The molecular formula is C21H22N2O3. The lowest BCUT2D eigenvalue weighted by Crippen LogP contribution is -2.00. The van der Waals surface area contributed by atoms with Crippen molar-refractivity contribution in [2.45, 2.75) is 25.2 Å². The molecule has 1 aliphatic rings. The summed E-state index contributed by atoms with van der Waals surface area (Å²) in [6.07, 6.45) is 2.77. The zero-order valence-corrected chi connectivity index (χ0v) is 14.9. The van der Waals surface area contributed by atoms with Gasteiger partial charge in [-0.2, -0.15) is 4.98 Å². The number of hydrogen-bond acceptors (Lipinski definition) is 5. The first-order chi connectivity index (χ1) is 12.8. The fourth-order valence-electron chi connectivity index (χ4n) is 3.30. The molecule has 1 aromatic heterocycles. The van der Waals surface area contributed by atoms with Crippen molar-refractivity contribution < 1.29 is 14.0 Å². The summed E-state index contributed by atoms with van der Waals surface area (Å²) in [6, 6.07) is 16.4. The summed E-state index contributed by atoms with van der Waals surface area (Å²) < 4.78 is 16.3. The van der Waals surface area contributed by atoms with Gasteiger partial charge in [0, 0.05) is 18.1 Å². The zero-order valence-electron chi connectivity index (χ0n) is 14.9. The van der Waals surface area contributed by atoms with Crippen LogP contribution in [0.1, 0.15) is 29.3 Å². The van der Waals surface area contributed by atoms with E-state index in [0.717, 1.165) is 43.0 Å². The summed E-state index contributed by atoms with van der Waals surface area (Å²) in [5.41, 5.74) is 3.45. The second kappa shape index (κ2) is 7.70. The molecule has 0 bridgehead atoms. The van der Waals surface area contributed by atoms with Crippen LogP contribution in [0.4, 0.5) is 0 Å². The quantitative estimate of drug-likeness (QED) is 0.672. The van der Waals surface area contributed by atoms with Crippen molar-refractivity contribution in [2.75, 3.05) is 20.3 Å². The van der Waals surface area contributed by atoms with Crippen LogP contribution in [0.3, 0.4) is 0 Å². The Bertz CT molecular complexity index is 869. The second-order valence-electron chi connectivity index (χ2n) is 6.53. The van der Waals surface area contributed by atoms with E-state index in [1.807, 2.05) is 30.3 Å². The Morgan fingerprint density at radius 3 is 2.88 bits per heavy atom. The van der Waals surface area contributed by atoms with Gasteiger partial charge in [-0.05, 0) is 48.6 Å². The predicted octanol–water partition coefficient (Wildman–Crippen LogP) is 4.03. The third-order valence-electron chi connectivity index (χ3n) is 4.80. The van der Waals surface area contributed by atoms with Gasteiger partial charge in [0.2, 0.25) is 0 Å². The molecule has 134 valence electrons. The Hall–Kier alpha value is -2.66. The standard InChI is InChI=1S/C21H22N2O3/c1-24-18-7-4-5-15(13-18)9-10-16-6-2-3-8-19(16)21-22-20(23-26-21)17-11-12-25-14-17/h2-8,13,17H,9-12,14H2,1H3. The first-order valence-electron chi connectivity index (χ1n) is 8.96. The number of methoxy groups -OCH3 is 1. The summed E-state index contributed by atoms with van der Waals surface area (Å²) in [5.74, 6) is 2.47. The van der Waals surface area contributed by atoms with E-state index in [2.05, 4.69) is 28.3 Å². The topological polar surface area (TPSA) is 57.4 Å². The molecule has 0 spiro atoms. The molecule has 4 rings (SSSR count). The number of hydrogen-bond donors (Lipinski definition) is 0. The molecule has 1 unspecified atom stereocenters. The highest BCUT2D eigenvalue weighted by atomic mass is 16.5. The van der Waals surface area contributed by atoms with Crippen molar-refractivity contribution >= 4 is 0 Å². The third-order valence-corrected chi connectivity index (χ3v) is 4.80. The minimum atomic E-state index is 0.247. The van der Waals surface area contributed by atoms with Gasteiger partial charge >= 0.3 is 0 Å². The van der Waals surface area contributed by atoms with Gasteiger partial charge in [-0.3, -0.25) is 0 Å². The second-order valence-corrected chi connectivity index (χ2v) is 6.53. The maximum Gasteiger partial charge on any atom is 0.258 e. The fraction of sp³-hybridized carbons (Fsp3) is 0.333. The van der Waals surface area contributed by atoms with Gasteiger partial charge in [0.25, 0.3) is 5.89 Å². The Kier molecular flexibility index (Phi) is 4.97. The fourth-order valence-corrected chi connectivity index (χ4v) is 3.30. The number of nitrogens with zero attached hydrogens (tertiary/aromatic N) is 2. The molecule has 5 heteroatoms. The van der Waals surface area contributed by atoms with Crippen molar-refractivity contribution in [1.82, 2.24) is 10.1 Å². The third kappa shape index (κ3) is 3.63. The average molecular weight is 350 g/mol. The maximum atomic E-state index is 5.56. The van der Waals surface area contributed by atoms with E-state index in [-0.39, 0.29) is 5.92 Å². The molecule has 0 radical (unpaired) electrons. The van der Waals surface area contributed by atoms with Crippen LogP contribution >= 0.6 is 0 Å². The van der Waals surface area contributed by atoms with Gasteiger partial charge in [-0.15, -0.1) is 0 Å². The van der Waals surface area contributed by atoms with E-state index in [0.29, 0.717) is 12.5 Å². The number of aryl methyl sites for hydroxylation is 2. The minimum absolute atomic E-state index is 0.247. The molecule has 0 saturated carbocycles. The van der Waals surface area contributed by atoms with Crippen LogP contribution in [0.25, 0.3) is 11.5 Å². The Labute approximate surface area is 153 Å². The summed E-state index contributed by atoms with van der Waals surface area (Å²) in [4.78, 5) is 4.63. The van der Waals surface area contributed by atoms with Crippen LogP contribution in [-0.2, 0) is 17.6 Å². The highest BCUT2D eigenvalue weighted by Crippen LogP contribution is 2.28. The van der Waals surface area contributed by atoms with Crippen LogP contribution in [0, 0.1) is 0 Å². The lowest BCUT2D eigenvalue weighted by molar-refractivity contribution is 0.192. The lowest BCUT2D eigenvalue weighted by atomic mass is 9.99. The van der Waals surface area contributed by atoms with E-state index in [1.165, 1.54) is 11.1 Å². The molecule has 1 aliphatic heterocycles. The highest BCUT2D eigenvalue weighted by Gasteiger charge is 2.24. The molecule has 3 aromatic rings. The zero-order chi connectivity index (χ0) is 17.8. The van der Waals surface area contributed by atoms with Crippen LogP contribution < -0.4 is 4.74 Å². The minimum Gasteiger partial charge on any atom is -0.497 e. The molecular weight excluding hydrogens is 328 g/mol. The maximum absolute atomic E-state index is 5.56. The molecule has 1 atom stereocenters. The molecule has 26 heavy (non-hydrogen) atoms.